The summed E-state index contributed by atoms with van der Waals surface area (Å²) in [5, 5.41) is 9.65. The van der Waals surface area contributed by atoms with E-state index in [4.69, 9.17) is 10.9 Å². The maximum atomic E-state index is 11.8. The molecule has 0 aliphatic carbocycles. The lowest BCUT2D eigenvalue weighted by atomic mass is 10.2. The number of nitrogens with zero attached hydrogens (tertiary/aromatic N) is 1. The summed E-state index contributed by atoms with van der Waals surface area (Å²) in [7, 11) is 0. The van der Waals surface area contributed by atoms with E-state index in [0.29, 0.717) is 24.9 Å². The average molecular weight is 250 g/mol. The number of aliphatic carboxylic acids is 1. The van der Waals surface area contributed by atoms with E-state index in [0.717, 1.165) is 6.42 Å². The molecule has 0 saturated heterocycles. The molecular formula is C13H18N2O3. The summed E-state index contributed by atoms with van der Waals surface area (Å²) >= 11 is 0. The SMILES string of the molecule is NN(CCCCCC(=O)O)C(=O)c1ccccc1. The highest BCUT2D eigenvalue weighted by molar-refractivity contribution is 5.93. The van der Waals surface area contributed by atoms with Crippen molar-refractivity contribution in [1.82, 2.24) is 5.01 Å². The molecule has 1 rings (SSSR count). The minimum Gasteiger partial charge on any atom is -0.481 e. The second-order valence-electron chi connectivity index (χ2n) is 4.07. The zero-order valence-corrected chi connectivity index (χ0v) is 10.2. The Morgan fingerprint density at radius 2 is 1.78 bits per heavy atom. The first-order chi connectivity index (χ1) is 8.61. The van der Waals surface area contributed by atoms with Gasteiger partial charge in [-0.05, 0) is 25.0 Å². The largest absolute Gasteiger partial charge is 0.481 e. The molecular weight excluding hydrogens is 232 g/mol. The molecule has 0 aromatic heterocycles. The Hall–Kier alpha value is -1.88. The van der Waals surface area contributed by atoms with Crippen LogP contribution in [0.4, 0.5) is 0 Å². The minimum atomic E-state index is -0.792. The number of carboxylic acids is 1. The summed E-state index contributed by atoms with van der Waals surface area (Å²) in [4.78, 5) is 22.1. The van der Waals surface area contributed by atoms with Crippen molar-refractivity contribution in [3.63, 3.8) is 0 Å². The summed E-state index contributed by atoms with van der Waals surface area (Å²) in [5.74, 6) is 4.65. The number of hydrazine groups is 1. The van der Waals surface area contributed by atoms with Gasteiger partial charge in [0.2, 0.25) is 0 Å². The maximum absolute atomic E-state index is 11.8. The Morgan fingerprint density at radius 1 is 1.11 bits per heavy atom. The molecule has 1 amide bonds. The van der Waals surface area contributed by atoms with Crippen LogP contribution in [-0.4, -0.2) is 28.5 Å². The lowest BCUT2D eigenvalue weighted by Crippen LogP contribution is -2.38. The van der Waals surface area contributed by atoms with E-state index in [1.165, 1.54) is 5.01 Å². The number of hydrogen-bond donors (Lipinski definition) is 2. The molecule has 18 heavy (non-hydrogen) atoms. The number of nitrogens with two attached hydrogens (primary N) is 1. The van der Waals surface area contributed by atoms with Crippen molar-refractivity contribution in [2.45, 2.75) is 25.7 Å². The fourth-order valence-electron chi connectivity index (χ4n) is 1.58. The Kier molecular flexibility index (Phi) is 5.87. The predicted octanol–water partition coefficient (Wildman–Crippen LogP) is 1.65. The molecule has 5 nitrogen and oxygen atoms in total. The molecule has 0 bridgehead atoms. The van der Waals surface area contributed by atoms with E-state index < -0.39 is 5.97 Å². The molecule has 0 unspecified atom stereocenters. The number of carbonyl (C=O) groups excluding carboxylic acids is 1. The maximum Gasteiger partial charge on any atom is 0.303 e. The number of hydrogen-bond acceptors (Lipinski definition) is 3. The first-order valence-corrected chi connectivity index (χ1v) is 5.94. The third kappa shape index (κ3) is 4.97. The van der Waals surface area contributed by atoms with Crippen molar-refractivity contribution < 1.29 is 14.7 Å². The van der Waals surface area contributed by atoms with Gasteiger partial charge in [0.15, 0.2) is 0 Å². The second kappa shape index (κ2) is 7.45. The van der Waals surface area contributed by atoms with Crippen LogP contribution in [0.1, 0.15) is 36.0 Å². The molecule has 0 heterocycles. The van der Waals surface area contributed by atoms with Gasteiger partial charge in [-0.3, -0.25) is 14.6 Å². The molecule has 1 aromatic carbocycles. The van der Waals surface area contributed by atoms with Crippen LogP contribution in [-0.2, 0) is 4.79 Å². The van der Waals surface area contributed by atoms with Crippen LogP contribution in [0.25, 0.3) is 0 Å². The quantitative estimate of drug-likeness (QED) is 0.333. The highest BCUT2D eigenvalue weighted by Gasteiger charge is 2.10. The number of carbonyl (C=O) groups is 2. The molecule has 3 N–H and O–H groups in total. The lowest BCUT2D eigenvalue weighted by molar-refractivity contribution is -0.137. The van der Waals surface area contributed by atoms with Crippen LogP contribution in [0, 0.1) is 0 Å². The number of rotatable bonds is 7. The van der Waals surface area contributed by atoms with Crippen LogP contribution in [0.15, 0.2) is 30.3 Å². The van der Waals surface area contributed by atoms with Crippen molar-refractivity contribution in [3.8, 4) is 0 Å². The van der Waals surface area contributed by atoms with Crippen molar-refractivity contribution in [2.75, 3.05) is 6.54 Å². The van der Waals surface area contributed by atoms with Gasteiger partial charge in [0.1, 0.15) is 0 Å². The molecule has 5 heteroatoms. The monoisotopic (exact) mass is 250 g/mol. The first kappa shape index (κ1) is 14.2. The van der Waals surface area contributed by atoms with Gasteiger partial charge in [0.25, 0.3) is 5.91 Å². The third-order valence-corrected chi connectivity index (χ3v) is 2.57. The summed E-state index contributed by atoms with van der Waals surface area (Å²) in [6, 6.07) is 8.84. The Morgan fingerprint density at radius 3 is 2.39 bits per heavy atom. The van der Waals surface area contributed by atoms with E-state index in [1.807, 2.05) is 6.07 Å². The summed E-state index contributed by atoms with van der Waals surface area (Å²) in [6.45, 7) is 0.438. The average Bonchev–Trinajstić information content (AvgIpc) is 2.38. The molecule has 0 saturated carbocycles. The predicted molar refractivity (Wildman–Crippen MR) is 67.8 cm³/mol. The Bertz CT molecular complexity index is 392. The molecule has 0 atom stereocenters. The fourth-order valence-corrected chi connectivity index (χ4v) is 1.58. The number of amides is 1. The summed E-state index contributed by atoms with van der Waals surface area (Å²) in [6.07, 6.45) is 2.24. The lowest BCUT2D eigenvalue weighted by Gasteiger charge is -2.16. The van der Waals surface area contributed by atoms with Crippen LogP contribution in [0.2, 0.25) is 0 Å². The van der Waals surface area contributed by atoms with Crippen molar-refractivity contribution in [3.05, 3.63) is 35.9 Å². The van der Waals surface area contributed by atoms with E-state index >= 15 is 0 Å². The molecule has 0 radical (unpaired) electrons. The summed E-state index contributed by atoms with van der Waals surface area (Å²) < 4.78 is 0. The molecule has 0 spiro atoms. The van der Waals surface area contributed by atoms with Gasteiger partial charge in [-0.15, -0.1) is 0 Å². The van der Waals surface area contributed by atoms with Gasteiger partial charge in [0, 0.05) is 18.5 Å². The van der Waals surface area contributed by atoms with E-state index in [9.17, 15) is 9.59 Å². The number of carboxylic acid groups (broad SMARTS) is 1. The Balaban J connectivity index is 2.26. The van der Waals surface area contributed by atoms with Crippen LogP contribution in [0.5, 0.6) is 0 Å². The second-order valence-corrected chi connectivity index (χ2v) is 4.07. The van der Waals surface area contributed by atoms with Gasteiger partial charge >= 0.3 is 5.97 Å². The van der Waals surface area contributed by atoms with Crippen LogP contribution >= 0.6 is 0 Å². The van der Waals surface area contributed by atoms with Crippen molar-refractivity contribution in [1.29, 1.82) is 0 Å². The van der Waals surface area contributed by atoms with Gasteiger partial charge in [-0.25, -0.2) is 5.84 Å². The fraction of sp³-hybridized carbons (Fsp3) is 0.385. The molecule has 0 aliphatic rings. The van der Waals surface area contributed by atoms with Crippen LogP contribution < -0.4 is 5.84 Å². The van der Waals surface area contributed by atoms with Crippen molar-refractivity contribution in [2.24, 2.45) is 5.84 Å². The minimum absolute atomic E-state index is 0.164. The third-order valence-electron chi connectivity index (χ3n) is 2.57. The highest BCUT2D eigenvalue weighted by atomic mass is 16.4. The zero-order valence-electron chi connectivity index (χ0n) is 10.2. The van der Waals surface area contributed by atoms with E-state index in [-0.39, 0.29) is 12.3 Å². The zero-order chi connectivity index (χ0) is 13.4. The van der Waals surface area contributed by atoms with E-state index in [1.54, 1.807) is 24.3 Å². The van der Waals surface area contributed by atoms with Crippen molar-refractivity contribution >= 4 is 11.9 Å². The van der Waals surface area contributed by atoms with E-state index in [2.05, 4.69) is 0 Å². The highest BCUT2D eigenvalue weighted by Crippen LogP contribution is 2.04. The van der Waals surface area contributed by atoms with Gasteiger partial charge in [0.05, 0.1) is 0 Å². The standard InChI is InChI=1S/C13H18N2O3/c14-15(10-6-2-5-9-12(16)17)13(18)11-7-3-1-4-8-11/h1,3-4,7-8H,2,5-6,9-10,14H2,(H,16,17). The van der Waals surface area contributed by atoms with Gasteiger partial charge < -0.3 is 5.11 Å². The summed E-state index contributed by atoms with van der Waals surface area (Å²) in [5.41, 5.74) is 0.561. The number of unbranched alkanes of at least 4 members (excludes halogenated alkanes) is 2. The smallest absolute Gasteiger partial charge is 0.303 e. The first-order valence-electron chi connectivity index (χ1n) is 5.94. The topological polar surface area (TPSA) is 83.6 Å². The Labute approximate surface area is 106 Å². The number of benzene rings is 1. The van der Waals surface area contributed by atoms with Crippen LogP contribution in [0.3, 0.4) is 0 Å². The molecule has 1 aromatic rings. The molecule has 0 aliphatic heterocycles. The van der Waals surface area contributed by atoms with Gasteiger partial charge in [-0.2, -0.15) is 0 Å². The van der Waals surface area contributed by atoms with Gasteiger partial charge in [-0.1, -0.05) is 24.6 Å². The molecule has 0 fully saturated rings. The molecule has 98 valence electrons. The normalized spacial score (nSPS) is 10.1.